The van der Waals surface area contributed by atoms with Gasteiger partial charge in [-0.3, -0.25) is 0 Å². The third kappa shape index (κ3) is 12.8. The highest BCUT2D eigenvalue weighted by molar-refractivity contribution is 5.86. The van der Waals surface area contributed by atoms with E-state index in [1.807, 2.05) is 0 Å². The molecule has 0 saturated carbocycles. The number of hydrogen-bond acceptors (Lipinski definition) is 3. The Morgan fingerprint density at radius 3 is 2.00 bits per heavy atom. The first kappa shape index (κ1) is 20.7. The molecule has 0 aliphatic carbocycles. The Morgan fingerprint density at radius 2 is 1.70 bits per heavy atom. The van der Waals surface area contributed by atoms with Gasteiger partial charge in [0.25, 0.3) is 0 Å². The maximum absolute atomic E-state index is 10.4. The van der Waals surface area contributed by atoms with Crippen LogP contribution in [-0.4, -0.2) is 33.4 Å². The molecule has 1 atom stereocenters. The summed E-state index contributed by atoms with van der Waals surface area (Å²) in [5, 5.41) is 25.1. The van der Waals surface area contributed by atoms with Crippen molar-refractivity contribution in [1.82, 2.24) is 0 Å². The van der Waals surface area contributed by atoms with E-state index in [2.05, 4.69) is 13.5 Å². The van der Waals surface area contributed by atoms with Gasteiger partial charge in [-0.2, -0.15) is 0 Å². The average Bonchev–Trinajstić information content (AvgIpc) is 2.37. The monoisotopic (exact) mass is 286 g/mol. The van der Waals surface area contributed by atoms with E-state index >= 15 is 0 Å². The van der Waals surface area contributed by atoms with E-state index in [4.69, 9.17) is 15.3 Å². The molecule has 0 rings (SSSR count). The largest absolute Gasteiger partial charge is 0.478 e. The molecule has 0 radical (unpaired) electrons. The Balaban J connectivity index is 0. The van der Waals surface area contributed by atoms with Gasteiger partial charge in [-0.1, -0.05) is 38.8 Å². The third-order valence-electron chi connectivity index (χ3n) is 2.62. The molecule has 0 aromatic heterocycles. The highest BCUT2D eigenvalue weighted by Gasteiger charge is 2.08. The Labute approximate surface area is 120 Å². The SMILES string of the molecule is C=C(C(=O)O)C(C)O.CCCCCC/C=C(\C)C(=O)O. The van der Waals surface area contributed by atoms with Crippen molar-refractivity contribution in [2.24, 2.45) is 0 Å². The first-order valence-corrected chi connectivity index (χ1v) is 6.74. The fourth-order valence-electron chi connectivity index (χ4n) is 1.16. The summed E-state index contributed by atoms with van der Waals surface area (Å²) in [5.41, 5.74) is 0.288. The molecule has 1 unspecified atom stereocenters. The summed E-state index contributed by atoms with van der Waals surface area (Å²) in [4.78, 5) is 20.2. The number of hydrogen-bond donors (Lipinski definition) is 3. The minimum Gasteiger partial charge on any atom is -0.478 e. The summed E-state index contributed by atoms with van der Waals surface area (Å²) in [6.45, 7) is 8.27. The second-order valence-corrected chi connectivity index (χ2v) is 4.55. The average molecular weight is 286 g/mol. The van der Waals surface area contributed by atoms with Crippen LogP contribution >= 0.6 is 0 Å². The number of rotatable bonds is 8. The Morgan fingerprint density at radius 1 is 1.15 bits per heavy atom. The molecule has 116 valence electrons. The molecule has 0 aliphatic rings. The summed E-state index contributed by atoms with van der Waals surface area (Å²) >= 11 is 0. The summed E-state index contributed by atoms with van der Waals surface area (Å²) in [7, 11) is 0. The van der Waals surface area contributed by atoms with E-state index in [0.29, 0.717) is 5.57 Å². The van der Waals surface area contributed by atoms with E-state index in [1.54, 1.807) is 13.0 Å². The van der Waals surface area contributed by atoms with Gasteiger partial charge in [-0.05, 0) is 26.7 Å². The molecule has 20 heavy (non-hydrogen) atoms. The van der Waals surface area contributed by atoms with Crippen molar-refractivity contribution in [2.75, 3.05) is 0 Å². The van der Waals surface area contributed by atoms with Crippen molar-refractivity contribution in [3.8, 4) is 0 Å². The highest BCUT2D eigenvalue weighted by Crippen LogP contribution is 2.05. The first-order valence-electron chi connectivity index (χ1n) is 6.74. The number of carboxylic acid groups (broad SMARTS) is 2. The van der Waals surface area contributed by atoms with Crippen LogP contribution in [0.3, 0.4) is 0 Å². The summed E-state index contributed by atoms with van der Waals surface area (Å²) < 4.78 is 0. The van der Waals surface area contributed by atoms with E-state index < -0.39 is 18.0 Å². The Hall–Kier alpha value is -1.62. The van der Waals surface area contributed by atoms with Crippen LogP contribution in [0.15, 0.2) is 23.8 Å². The lowest BCUT2D eigenvalue weighted by Crippen LogP contribution is -2.11. The number of carboxylic acids is 2. The number of aliphatic hydroxyl groups is 1. The molecular formula is C15H26O5. The van der Waals surface area contributed by atoms with E-state index in [1.165, 1.54) is 26.2 Å². The molecule has 0 spiro atoms. The minimum absolute atomic E-state index is 0.176. The zero-order valence-electron chi connectivity index (χ0n) is 12.6. The molecule has 0 aliphatic heterocycles. The first-order chi connectivity index (χ1) is 9.23. The van der Waals surface area contributed by atoms with Crippen LogP contribution in [0, 0.1) is 0 Å². The topological polar surface area (TPSA) is 94.8 Å². The van der Waals surface area contributed by atoms with Crippen LogP contribution in [0.5, 0.6) is 0 Å². The standard InChI is InChI=1S/C10H18O2.C5H8O3/c1-3-4-5-6-7-8-9(2)10(11)12;1-3(4(2)6)5(7)8/h8H,3-7H2,1-2H3,(H,11,12);4,6H,1H2,2H3,(H,7,8)/b9-8+;. The predicted molar refractivity (Wildman–Crippen MR) is 78.6 cm³/mol. The second-order valence-electron chi connectivity index (χ2n) is 4.55. The van der Waals surface area contributed by atoms with Crippen LogP contribution in [0.4, 0.5) is 0 Å². The van der Waals surface area contributed by atoms with Crippen LogP contribution in [-0.2, 0) is 9.59 Å². The maximum atomic E-state index is 10.4. The summed E-state index contributed by atoms with van der Waals surface area (Å²) in [6, 6.07) is 0. The second kappa shape index (κ2) is 12.4. The zero-order chi connectivity index (χ0) is 16.1. The van der Waals surface area contributed by atoms with Crippen LogP contribution in [0.1, 0.15) is 52.9 Å². The fraction of sp³-hybridized carbons (Fsp3) is 0.600. The molecule has 5 heteroatoms. The lowest BCUT2D eigenvalue weighted by Gasteiger charge is -1.99. The van der Waals surface area contributed by atoms with E-state index in [-0.39, 0.29) is 5.57 Å². The highest BCUT2D eigenvalue weighted by atomic mass is 16.4. The van der Waals surface area contributed by atoms with Gasteiger partial charge in [0.05, 0.1) is 11.7 Å². The van der Waals surface area contributed by atoms with Gasteiger partial charge >= 0.3 is 11.9 Å². The van der Waals surface area contributed by atoms with Gasteiger partial charge in [-0.15, -0.1) is 0 Å². The molecule has 0 bridgehead atoms. The van der Waals surface area contributed by atoms with Crippen LogP contribution < -0.4 is 0 Å². The number of aliphatic carboxylic acids is 2. The molecular weight excluding hydrogens is 260 g/mol. The molecule has 0 aromatic carbocycles. The van der Waals surface area contributed by atoms with Crippen molar-refractivity contribution in [3.63, 3.8) is 0 Å². The molecule has 0 aromatic rings. The van der Waals surface area contributed by atoms with Crippen LogP contribution in [0.25, 0.3) is 0 Å². The number of carbonyl (C=O) groups is 2. The molecule has 0 heterocycles. The lowest BCUT2D eigenvalue weighted by atomic mass is 10.1. The van der Waals surface area contributed by atoms with Crippen molar-refractivity contribution in [1.29, 1.82) is 0 Å². The molecule has 5 nitrogen and oxygen atoms in total. The zero-order valence-corrected chi connectivity index (χ0v) is 12.6. The van der Waals surface area contributed by atoms with Crippen molar-refractivity contribution >= 4 is 11.9 Å². The van der Waals surface area contributed by atoms with Crippen molar-refractivity contribution < 1.29 is 24.9 Å². The van der Waals surface area contributed by atoms with Gasteiger partial charge in [0.2, 0.25) is 0 Å². The summed E-state index contributed by atoms with van der Waals surface area (Å²) in [5.74, 6) is -1.95. The van der Waals surface area contributed by atoms with Gasteiger partial charge in [0.1, 0.15) is 0 Å². The van der Waals surface area contributed by atoms with E-state index in [0.717, 1.165) is 12.8 Å². The summed E-state index contributed by atoms with van der Waals surface area (Å²) in [6.07, 6.45) is 6.54. The van der Waals surface area contributed by atoms with Crippen LogP contribution in [0.2, 0.25) is 0 Å². The molecule has 0 fully saturated rings. The smallest absolute Gasteiger partial charge is 0.333 e. The molecule has 0 saturated heterocycles. The van der Waals surface area contributed by atoms with Crippen molar-refractivity contribution in [2.45, 2.75) is 59.0 Å². The quantitative estimate of drug-likeness (QED) is 0.471. The van der Waals surface area contributed by atoms with E-state index in [9.17, 15) is 9.59 Å². The third-order valence-corrected chi connectivity index (χ3v) is 2.62. The Kier molecular flexibility index (Phi) is 12.8. The predicted octanol–water partition coefficient (Wildman–Crippen LogP) is 3.00. The number of allylic oxidation sites excluding steroid dienone is 1. The maximum Gasteiger partial charge on any atom is 0.333 e. The fourth-order valence-corrected chi connectivity index (χ4v) is 1.16. The van der Waals surface area contributed by atoms with Gasteiger partial charge in [0.15, 0.2) is 0 Å². The van der Waals surface area contributed by atoms with Crippen molar-refractivity contribution in [3.05, 3.63) is 23.8 Å². The van der Waals surface area contributed by atoms with Gasteiger partial charge in [0, 0.05) is 5.57 Å². The molecule has 0 amide bonds. The minimum atomic E-state index is -1.15. The Bertz CT molecular complexity index is 342. The normalized spacial score (nSPS) is 12.1. The lowest BCUT2D eigenvalue weighted by molar-refractivity contribution is -0.134. The number of unbranched alkanes of at least 4 members (excludes halogenated alkanes) is 4. The van der Waals surface area contributed by atoms with Gasteiger partial charge in [-0.25, -0.2) is 9.59 Å². The van der Waals surface area contributed by atoms with Gasteiger partial charge < -0.3 is 15.3 Å². The molecule has 3 N–H and O–H groups in total. The number of aliphatic hydroxyl groups excluding tert-OH is 1.